The fourth-order valence-electron chi connectivity index (χ4n) is 3.96. The third-order valence-corrected chi connectivity index (χ3v) is 5.56. The Kier molecular flexibility index (Phi) is 6.42. The minimum atomic E-state index is 1.08. The van der Waals surface area contributed by atoms with E-state index in [2.05, 4.69) is 91.5 Å². The summed E-state index contributed by atoms with van der Waals surface area (Å²) in [6.07, 6.45) is 5.30. The van der Waals surface area contributed by atoms with Gasteiger partial charge in [0.05, 0.1) is 0 Å². The number of benzene rings is 2. The van der Waals surface area contributed by atoms with Gasteiger partial charge in [-0.05, 0) is 104 Å². The lowest BCUT2D eigenvalue weighted by atomic mass is 9.86. The monoisotopic (exact) mass is 344 g/mol. The maximum absolute atomic E-state index is 4.13. The van der Waals surface area contributed by atoms with Crippen LogP contribution in [0.4, 0.5) is 0 Å². The van der Waals surface area contributed by atoms with Crippen LogP contribution in [0, 0.1) is 27.7 Å². The molecule has 0 aliphatic carbocycles. The highest BCUT2D eigenvalue weighted by molar-refractivity contribution is 5.92. The van der Waals surface area contributed by atoms with Crippen LogP contribution in [0.25, 0.3) is 11.1 Å². The summed E-state index contributed by atoms with van der Waals surface area (Å²) in [5, 5.41) is 0. The van der Waals surface area contributed by atoms with Gasteiger partial charge in [-0.3, -0.25) is 0 Å². The molecule has 2 aromatic carbocycles. The topological polar surface area (TPSA) is 0 Å². The van der Waals surface area contributed by atoms with Crippen LogP contribution in [-0.2, 0) is 6.42 Å². The van der Waals surface area contributed by atoms with E-state index < -0.39 is 0 Å². The standard InChI is InChI=1S/C26H32/c1-9-23-18(5)15-22(16-19(23)6)24(10-2)21(8)25(11-3)26-14-12-13-17(4)20(26)7/h10-16H,2,9H2,1,3-8H3/b24-21+,25-11+. The van der Waals surface area contributed by atoms with E-state index in [-0.39, 0.29) is 0 Å². The molecule has 0 aromatic heterocycles. The van der Waals surface area contributed by atoms with Gasteiger partial charge < -0.3 is 0 Å². The Morgan fingerprint density at radius 2 is 1.62 bits per heavy atom. The number of aryl methyl sites for hydroxylation is 3. The summed E-state index contributed by atoms with van der Waals surface area (Å²) < 4.78 is 0. The maximum atomic E-state index is 4.13. The Bertz CT molecular complexity index is 865. The molecule has 0 fully saturated rings. The lowest BCUT2D eigenvalue weighted by Crippen LogP contribution is -1.98. The zero-order valence-corrected chi connectivity index (χ0v) is 17.5. The van der Waals surface area contributed by atoms with Gasteiger partial charge in [-0.2, -0.15) is 0 Å². The van der Waals surface area contributed by atoms with Crippen molar-refractivity contribution in [3.8, 4) is 0 Å². The molecule has 0 heterocycles. The van der Waals surface area contributed by atoms with Crippen molar-refractivity contribution in [1.82, 2.24) is 0 Å². The molecule has 0 aliphatic rings. The first-order valence-corrected chi connectivity index (χ1v) is 9.52. The summed E-state index contributed by atoms with van der Waals surface area (Å²) in [6, 6.07) is 11.2. The van der Waals surface area contributed by atoms with Crippen LogP contribution in [0.1, 0.15) is 59.7 Å². The minimum Gasteiger partial charge on any atom is -0.0984 e. The maximum Gasteiger partial charge on any atom is -0.0153 e. The van der Waals surface area contributed by atoms with Gasteiger partial charge in [0.25, 0.3) is 0 Å². The number of allylic oxidation sites excluding steroid dienone is 5. The Balaban J connectivity index is 2.68. The number of hydrogen-bond donors (Lipinski definition) is 0. The predicted octanol–water partition coefficient (Wildman–Crippen LogP) is 7.55. The summed E-state index contributed by atoms with van der Waals surface area (Å²) in [5.74, 6) is 0. The smallest absolute Gasteiger partial charge is 0.0153 e. The van der Waals surface area contributed by atoms with E-state index in [0.717, 1.165) is 6.42 Å². The molecule has 0 nitrogen and oxygen atoms in total. The molecule has 0 amide bonds. The molecular formula is C26H32. The summed E-state index contributed by atoms with van der Waals surface area (Å²) in [6.45, 7) is 19.5. The molecule has 0 bridgehead atoms. The van der Waals surface area contributed by atoms with Crippen LogP contribution in [0.5, 0.6) is 0 Å². The molecule has 0 aliphatic heterocycles. The van der Waals surface area contributed by atoms with Crippen molar-refractivity contribution in [2.45, 2.75) is 54.9 Å². The molecule has 0 unspecified atom stereocenters. The van der Waals surface area contributed by atoms with Gasteiger partial charge in [-0.15, -0.1) is 0 Å². The van der Waals surface area contributed by atoms with E-state index in [1.165, 1.54) is 55.7 Å². The largest absolute Gasteiger partial charge is 0.0984 e. The molecule has 0 spiro atoms. The fraction of sp³-hybridized carbons (Fsp3) is 0.308. The first-order chi connectivity index (χ1) is 12.3. The SMILES string of the molecule is C=C/C(=C(C)\C(=C/C)c1cccc(C)c1C)c1cc(C)c(CC)c(C)c1. The summed E-state index contributed by atoms with van der Waals surface area (Å²) in [7, 11) is 0. The van der Waals surface area contributed by atoms with E-state index in [9.17, 15) is 0 Å². The average molecular weight is 345 g/mol. The molecule has 0 N–H and O–H groups in total. The van der Waals surface area contributed by atoms with Gasteiger partial charge in [0.2, 0.25) is 0 Å². The van der Waals surface area contributed by atoms with Crippen LogP contribution in [0.15, 0.2) is 54.6 Å². The third-order valence-electron chi connectivity index (χ3n) is 5.56. The molecule has 0 saturated carbocycles. The first-order valence-electron chi connectivity index (χ1n) is 9.52. The lowest BCUT2D eigenvalue weighted by Gasteiger charge is -2.18. The molecule has 0 heteroatoms. The highest BCUT2D eigenvalue weighted by atomic mass is 14.2. The summed E-state index contributed by atoms with van der Waals surface area (Å²) in [4.78, 5) is 0. The quantitative estimate of drug-likeness (QED) is 0.491. The van der Waals surface area contributed by atoms with Crippen LogP contribution >= 0.6 is 0 Å². The second-order valence-electron chi connectivity index (χ2n) is 7.13. The van der Waals surface area contributed by atoms with Gasteiger partial charge in [-0.25, -0.2) is 0 Å². The third kappa shape index (κ3) is 3.75. The van der Waals surface area contributed by atoms with Crippen molar-refractivity contribution >= 4 is 11.1 Å². The second kappa shape index (κ2) is 8.36. The van der Waals surface area contributed by atoms with Crippen LogP contribution in [0.2, 0.25) is 0 Å². The summed E-state index contributed by atoms with van der Waals surface area (Å²) in [5.41, 5.74) is 13.2. The zero-order chi connectivity index (χ0) is 19.4. The van der Waals surface area contributed by atoms with Gasteiger partial charge >= 0.3 is 0 Å². The van der Waals surface area contributed by atoms with Crippen molar-refractivity contribution in [3.63, 3.8) is 0 Å². The second-order valence-corrected chi connectivity index (χ2v) is 7.13. The average Bonchev–Trinajstić information content (AvgIpc) is 2.59. The Labute approximate surface area is 160 Å². The van der Waals surface area contributed by atoms with E-state index in [1.54, 1.807) is 0 Å². The van der Waals surface area contributed by atoms with Crippen molar-refractivity contribution in [2.24, 2.45) is 0 Å². The van der Waals surface area contributed by atoms with Crippen LogP contribution in [0.3, 0.4) is 0 Å². The molecule has 136 valence electrons. The van der Waals surface area contributed by atoms with Gasteiger partial charge in [0, 0.05) is 0 Å². The molecule has 0 radical (unpaired) electrons. The Morgan fingerprint density at radius 1 is 1.00 bits per heavy atom. The number of hydrogen-bond acceptors (Lipinski definition) is 0. The van der Waals surface area contributed by atoms with Gasteiger partial charge in [0.15, 0.2) is 0 Å². The minimum absolute atomic E-state index is 1.08. The van der Waals surface area contributed by atoms with Crippen molar-refractivity contribution in [2.75, 3.05) is 0 Å². The molecule has 2 rings (SSSR count). The van der Waals surface area contributed by atoms with E-state index in [4.69, 9.17) is 0 Å². The Morgan fingerprint density at radius 3 is 2.12 bits per heavy atom. The van der Waals surface area contributed by atoms with Crippen molar-refractivity contribution in [1.29, 1.82) is 0 Å². The van der Waals surface area contributed by atoms with Gasteiger partial charge in [0.1, 0.15) is 0 Å². The van der Waals surface area contributed by atoms with Crippen LogP contribution in [-0.4, -0.2) is 0 Å². The molecule has 26 heavy (non-hydrogen) atoms. The van der Waals surface area contributed by atoms with Gasteiger partial charge in [-0.1, -0.05) is 56.0 Å². The van der Waals surface area contributed by atoms with Crippen LogP contribution < -0.4 is 0 Å². The van der Waals surface area contributed by atoms with E-state index in [0.29, 0.717) is 0 Å². The van der Waals surface area contributed by atoms with Crippen molar-refractivity contribution in [3.05, 3.63) is 93.6 Å². The van der Waals surface area contributed by atoms with E-state index in [1.807, 2.05) is 6.08 Å². The first kappa shape index (κ1) is 20.0. The number of rotatable bonds is 5. The summed E-state index contributed by atoms with van der Waals surface area (Å²) >= 11 is 0. The van der Waals surface area contributed by atoms with Crippen molar-refractivity contribution < 1.29 is 0 Å². The lowest BCUT2D eigenvalue weighted by molar-refractivity contribution is 1.08. The highest BCUT2D eigenvalue weighted by Gasteiger charge is 2.13. The molecule has 0 atom stereocenters. The molecule has 2 aromatic rings. The fourth-order valence-corrected chi connectivity index (χ4v) is 3.96. The predicted molar refractivity (Wildman–Crippen MR) is 118 cm³/mol. The molecule has 0 saturated heterocycles. The normalized spacial score (nSPS) is 12.8. The Hall–Kier alpha value is -2.34. The zero-order valence-electron chi connectivity index (χ0n) is 17.5. The van der Waals surface area contributed by atoms with E-state index >= 15 is 0 Å². The molecular weight excluding hydrogens is 312 g/mol. The highest BCUT2D eigenvalue weighted by Crippen LogP contribution is 2.34.